The van der Waals surface area contributed by atoms with Crippen molar-refractivity contribution in [2.75, 3.05) is 43.9 Å². The molecule has 0 radical (unpaired) electrons. The van der Waals surface area contributed by atoms with Crippen LogP contribution < -0.4 is 15.4 Å². The molecule has 1 fully saturated rings. The molecule has 35 heavy (non-hydrogen) atoms. The third-order valence-electron chi connectivity index (χ3n) is 6.49. The zero-order chi connectivity index (χ0) is 25.1. The predicted molar refractivity (Wildman–Crippen MR) is 138 cm³/mol. The van der Waals surface area contributed by atoms with Gasteiger partial charge in [-0.25, -0.2) is 0 Å². The fourth-order valence-corrected chi connectivity index (χ4v) is 4.54. The third-order valence-corrected chi connectivity index (χ3v) is 6.49. The summed E-state index contributed by atoms with van der Waals surface area (Å²) < 4.78 is 6.23. The molecule has 0 aliphatic carbocycles. The van der Waals surface area contributed by atoms with E-state index in [-0.39, 0.29) is 11.8 Å². The Balaban J connectivity index is 1.63. The van der Waals surface area contributed by atoms with Gasteiger partial charge in [0.15, 0.2) is 0 Å². The van der Waals surface area contributed by atoms with Crippen molar-refractivity contribution in [2.24, 2.45) is 0 Å². The van der Waals surface area contributed by atoms with Gasteiger partial charge in [-0.15, -0.1) is 0 Å². The molecule has 0 bridgehead atoms. The van der Waals surface area contributed by atoms with E-state index in [2.05, 4.69) is 33.1 Å². The van der Waals surface area contributed by atoms with E-state index in [4.69, 9.17) is 15.9 Å². The number of anilines is 2. The number of nitrogen functional groups attached to an aromatic ring is 1. The number of nitrogens with zero attached hydrogens (tertiary/aromatic N) is 5. The molecule has 8 heteroatoms. The van der Waals surface area contributed by atoms with Gasteiger partial charge in [0.05, 0.1) is 29.2 Å². The average Bonchev–Trinajstić information content (AvgIpc) is 2.84. The molecule has 180 valence electrons. The highest BCUT2D eigenvalue weighted by atomic mass is 16.5. The Morgan fingerprint density at radius 2 is 1.89 bits per heavy atom. The van der Waals surface area contributed by atoms with Crippen molar-refractivity contribution >= 4 is 17.1 Å². The summed E-state index contributed by atoms with van der Waals surface area (Å²) in [4.78, 5) is 4.54. The Hall–Kier alpha value is -3.96. The van der Waals surface area contributed by atoms with Crippen molar-refractivity contribution < 1.29 is 4.74 Å². The molecular formula is C27H31N7O. The number of nitrogens with two attached hydrogens (primary N) is 1. The quantitative estimate of drug-likeness (QED) is 0.416. The fraction of sp³-hybridized carbons (Fsp3) is 0.333. The smallest absolute Gasteiger partial charge is 0.123 e. The molecular weight excluding hydrogens is 438 g/mol. The molecule has 2 heterocycles. The third kappa shape index (κ3) is 5.26. The maximum atomic E-state index is 9.63. The topological polar surface area (TPSA) is 115 Å². The van der Waals surface area contributed by atoms with Crippen LogP contribution in [0.4, 0.5) is 11.4 Å². The summed E-state index contributed by atoms with van der Waals surface area (Å²) in [5.74, 6) is 0.609. The van der Waals surface area contributed by atoms with Gasteiger partial charge in [-0.3, -0.25) is 5.41 Å². The van der Waals surface area contributed by atoms with Gasteiger partial charge >= 0.3 is 0 Å². The lowest BCUT2D eigenvalue weighted by atomic mass is 9.98. The standard InChI is InChI=1S/C27H31N7O/c1-17-16-31-32-18(2)26(17)19(3)35-23-5-6-25(29)24(14-23)27(30)21-11-20(15-28)12-22(13-21)34-9-7-33(4)8-10-34/h5-6,11-14,16,19,30H,7-10,29H2,1-4H3. The maximum absolute atomic E-state index is 9.63. The lowest BCUT2D eigenvalue weighted by Crippen LogP contribution is -2.44. The fourth-order valence-electron chi connectivity index (χ4n) is 4.54. The predicted octanol–water partition coefficient (Wildman–Crippen LogP) is 3.86. The molecule has 1 saturated heterocycles. The number of hydrogen-bond donors (Lipinski definition) is 2. The van der Waals surface area contributed by atoms with Crippen molar-refractivity contribution in [1.82, 2.24) is 15.1 Å². The van der Waals surface area contributed by atoms with Gasteiger partial charge in [0.2, 0.25) is 0 Å². The SMILES string of the molecule is Cc1cnnc(C)c1C(C)Oc1ccc(N)c(C(=N)c2cc(C#N)cc(N3CCN(C)CC3)c2)c1. The Kier molecular flexibility index (Phi) is 6.99. The highest BCUT2D eigenvalue weighted by molar-refractivity contribution is 6.14. The van der Waals surface area contributed by atoms with Gasteiger partial charge in [-0.1, -0.05) is 0 Å². The summed E-state index contributed by atoms with van der Waals surface area (Å²) in [5.41, 5.74) is 12.6. The summed E-state index contributed by atoms with van der Waals surface area (Å²) in [6, 6.07) is 13.2. The second-order valence-corrected chi connectivity index (χ2v) is 9.08. The number of piperazine rings is 1. The van der Waals surface area contributed by atoms with Crippen LogP contribution in [0, 0.1) is 30.6 Å². The molecule has 1 unspecified atom stereocenters. The minimum absolute atomic E-state index is 0.248. The van der Waals surface area contributed by atoms with Crippen molar-refractivity contribution in [1.29, 1.82) is 10.7 Å². The van der Waals surface area contributed by atoms with Crippen molar-refractivity contribution in [3.63, 3.8) is 0 Å². The number of ether oxygens (including phenoxy) is 1. The van der Waals surface area contributed by atoms with Crippen molar-refractivity contribution in [3.8, 4) is 11.8 Å². The number of benzene rings is 2. The van der Waals surface area contributed by atoms with Crippen LogP contribution in [0.2, 0.25) is 0 Å². The van der Waals surface area contributed by atoms with Gasteiger partial charge in [-0.05, 0) is 69.8 Å². The minimum Gasteiger partial charge on any atom is -0.486 e. The molecule has 1 aromatic heterocycles. The van der Waals surface area contributed by atoms with Gasteiger partial charge < -0.3 is 20.3 Å². The highest BCUT2D eigenvalue weighted by Crippen LogP contribution is 2.30. The zero-order valence-electron chi connectivity index (χ0n) is 20.7. The first kappa shape index (κ1) is 24.2. The number of nitrogens with one attached hydrogen (secondary N) is 1. The molecule has 0 amide bonds. The molecule has 8 nitrogen and oxygen atoms in total. The van der Waals surface area contributed by atoms with Crippen LogP contribution in [-0.2, 0) is 0 Å². The number of nitriles is 1. The number of rotatable bonds is 6. The first-order valence-electron chi connectivity index (χ1n) is 11.7. The van der Waals surface area contributed by atoms with E-state index >= 15 is 0 Å². The molecule has 1 aliphatic heterocycles. The molecule has 3 N–H and O–H groups in total. The van der Waals surface area contributed by atoms with E-state index < -0.39 is 0 Å². The number of hydrogen-bond acceptors (Lipinski definition) is 8. The first-order chi connectivity index (χ1) is 16.8. The Morgan fingerprint density at radius 3 is 2.57 bits per heavy atom. The van der Waals surface area contributed by atoms with Crippen LogP contribution in [0.25, 0.3) is 0 Å². The second-order valence-electron chi connectivity index (χ2n) is 9.08. The molecule has 2 aromatic carbocycles. The zero-order valence-corrected chi connectivity index (χ0v) is 20.7. The Morgan fingerprint density at radius 1 is 1.14 bits per heavy atom. The van der Waals surface area contributed by atoms with E-state index in [9.17, 15) is 5.26 Å². The monoisotopic (exact) mass is 469 g/mol. The Labute approximate surface area is 206 Å². The second kappa shape index (κ2) is 10.1. The van der Waals surface area contributed by atoms with Crippen molar-refractivity contribution in [3.05, 3.63) is 76.1 Å². The van der Waals surface area contributed by atoms with E-state index in [0.29, 0.717) is 28.1 Å². The first-order valence-corrected chi connectivity index (χ1v) is 11.7. The average molecular weight is 470 g/mol. The van der Waals surface area contributed by atoms with Crippen LogP contribution in [0.1, 0.15) is 46.5 Å². The van der Waals surface area contributed by atoms with E-state index in [1.165, 1.54) is 0 Å². The van der Waals surface area contributed by atoms with Crippen LogP contribution in [-0.4, -0.2) is 54.0 Å². The van der Waals surface area contributed by atoms with Crippen LogP contribution in [0.3, 0.4) is 0 Å². The van der Waals surface area contributed by atoms with Gasteiger partial charge in [-0.2, -0.15) is 15.5 Å². The summed E-state index contributed by atoms with van der Waals surface area (Å²) in [5, 5.41) is 26.7. The van der Waals surface area contributed by atoms with Gasteiger partial charge in [0.1, 0.15) is 11.9 Å². The van der Waals surface area contributed by atoms with Crippen LogP contribution in [0.5, 0.6) is 5.75 Å². The summed E-state index contributed by atoms with van der Waals surface area (Å²) in [7, 11) is 2.11. The van der Waals surface area contributed by atoms with E-state index in [1.807, 2.05) is 39.0 Å². The van der Waals surface area contributed by atoms with Crippen LogP contribution in [0.15, 0.2) is 42.6 Å². The Bertz CT molecular complexity index is 1270. The minimum atomic E-state index is -0.248. The highest BCUT2D eigenvalue weighted by Gasteiger charge is 2.19. The summed E-state index contributed by atoms with van der Waals surface area (Å²) in [6.07, 6.45) is 1.48. The molecule has 0 saturated carbocycles. The number of aromatic nitrogens is 2. The summed E-state index contributed by atoms with van der Waals surface area (Å²) in [6.45, 7) is 9.55. The number of likely N-dealkylation sites (N-methyl/N-ethyl adjacent to an activating group) is 1. The van der Waals surface area contributed by atoms with E-state index in [1.54, 1.807) is 24.4 Å². The van der Waals surface area contributed by atoms with Crippen molar-refractivity contribution in [2.45, 2.75) is 26.9 Å². The molecule has 4 rings (SSSR count). The normalized spacial score (nSPS) is 14.9. The van der Waals surface area contributed by atoms with Crippen LogP contribution >= 0.6 is 0 Å². The molecule has 3 aromatic rings. The lowest BCUT2D eigenvalue weighted by Gasteiger charge is -2.34. The van der Waals surface area contributed by atoms with E-state index in [0.717, 1.165) is 48.7 Å². The lowest BCUT2D eigenvalue weighted by molar-refractivity contribution is 0.224. The van der Waals surface area contributed by atoms with Gasteiger partial charge in [0.25, 0.3) is 0 Å². The summed E-state index contributed by atoms with van der Waals surface area (Å²) >= 11 is 0. The molecule has 0 spiro atoms. The molecule has 1 aliphatic rings. The molecule has 1 atom stereocenters. The maximum Gasteiger partial charge on any atom is 0.123 e. The number of aryl methyl sites for hydroxylation is 2. The largest absolute Gasteiger partial charge is 0.486 e. The van der Waals surface area contributed by atoms with Gasteiger partial charge in [0, 0.05) is 54.2 Å².